The molecule has 0 aliphatic carbocycles. The fraction of sp³-hybridized carbons (Fsp3) is 0.846. The summed E-state index contributed by atoms with van der Waals surface area (Å²) in [6.07, 6.45) is 1.63. The highest BCUT2D eigenvalue weighted by Gasteiger charge is 2.31. The molecule has 1 aliphatic rings. The summed E-state index contributed by atoms with van der Waals surface area (Å²) in [5.74, 6) is -0.654. The Labute approximate surface area is 103 Å². The van der Waals surface area contributed by atoms with Gasteiger partial charge in [-0.2, -0.15) is 5.26 Å². The Balaban J connectivity index is 2.54. The first-order valence-corrected chi connectivity index (χ1v) is 6.19. The number of rotatable bonds is 3. The highest BCUT2D eigenvalue weighted by atomic mass is 16.5. The van der Waals surface area contributed by atoms with Gasteiger partial charge in [-0.1, -0.05) is 13.8 Å². The lowest BCUT2D eigenvalue weighted by Gasteiger charge is -2.36. The predicted molar refractivity (Wildman–Crippen MR) is 65.1 cm³/mol. The normalized spacial score (nSPS) is 25.1. The number of ether oxygens (including phenoxy) is 1. The van der Waals surface area contributed by atoms with Crippen LogP contribution in [0.2, 0.25) is 0 Å². The van der Waals surface area contributed by atoms with Crippen molar-refractivity contribution >= 4 is 5.91 Å². The fourth-order valence-electron chi connectivity index (χ4n) is 2.16. The topological polar surface area (TPSA) is 62.1 Å². The van der Waals surface area contributed by atoms with E-state index in [2.05, 4.69) is 11.4 Å². The van der Waals surface area contributed by atoms with E-state index in [0.717, 1.165) is 12.8 Å². The minimum absolute atomic E-state index is 0.0489. The highest BCUT2D eigenvalue weighted by molar-refractivity contribution is 5.81. The molecule has 1 fully saturated rings. The second-order valence-corrected chi connectivity index (χ2v) is 5.66. The third kappa shape index (κ3) is 4.01. The lowest BCUT2D eigenvalue weighted by molar-refractivity contribution is -0.127. The zero-order valence-corrected chi connectivity index (χ0v) is 11.1. The number of nitriles is 1. The van der Waals surface area contributed by atoms with Gasteiger partial charge >= 0.3 is 0 Å². The molecule has 17 heavy (non-hydrogen) atoms. The molecule has 2 unspecified atom stereocenters. The van der Waals surface area contributed by atoms with E-state index in [-0.39, 0.29) is 23.5 Å². The molecular formula is C13H22N2O2. The number of nitrogens with zero attached hydrogens (tertiary/aromatic N) is 1. The van der Waals surface area contributed by atoms with E-state index in [0.29, 0.717) is 6.61 Å². The van der Waals surface area contributed by atoms with Crippen molar-refractivity contribution in [3.8, 4) is 6.07 Å². The molecule has 4 heteroatoms. The third-order valence-electron chi connectivity index (χ3n) is 3.13. The number of hydrogen-bond acceptors (Lipinski definition) is 3. The molecule has 4 nitrogen and oxygen atoms in total. The highest BCUT2D eigenvalue weighted by Crippen LogP contribution is 2.24. The van der Waals surface area contributed by atoms with Crippen LogP contribution in [0, 0.1) is 23.2 Å². The second-order valence-electron chi connectivity index (χ2n) is 5.66. The van der Waals surface area contributed by atoms with Gasteiger partial charge in [0, 0.05) is 12.6 Å². The molecular weight excluding hydrogens is 216 g/mol. The van der Waals surface area contributed by atoms with Crippen molar-refractivity contribution < 1.29 is 9.53 Å². The standard InChI is InChI=1S/C13H22N2O2/c1-9(2)11(8-14)12(16)15-10-5-6-17-13(3,4)7-10/h9-11H,5-7H2,1-4H3,(H,15,16). The summed E-state index contributed by atoms with van der Waals surface area (Å²) in [5, 5.41) is 11.9. The van der Waals surface area contributed by atoms with Gasteiger partial charge < -0.3 is 10.1 Å². The molecule has 0 saturated carbocycles. The van der Waals surface area contributed by atoms with E-state index in [1.54, 1.807) is 0 Å². The predicted octanol–water partition coefficient (Wildman–Crippen LogP) is 1.86. The molecule has 1 rings (SSSR count). The molecule has 0 spiro atoms. The van der Waals surface area contributed by atoms with Crippen molar-refractivity contribution in [1.29, 1.82) is 5.26 Å². The lowest BCUT2D eigenvalue weighted by atomic mass is 9.92. The maximum atomic E-state index is 11.9. The number of hydrogen-bond donors (Lipinski definition) is 1. The van der Waals surface area contributed by atoms with Crippen molar-refractivity contribution in [1.82, 2.24) is 5.32 Å². The summed E-state index contributed by atoms with van der Waals surface area (Å²) in [7, 11) is 0. The van der Waals surface area contributed by atoms with E-state index in [1.807, 2.05) is 27.7 Å². The number of nitrogens with one attached hydrogen (secondary N) is 1. The average Bonchev–Trinajstić information content (AvgIpc) is 2.15. The first-order chi connectivity index (χ1) is 7.85. The van der Waals surface area contributed by atoms with Crippen LogP contribution in [-0.4, -0.2) is 24.2 Å². The fourth-order valence-corrected chi connectivity index (χ4v) is 2.16. The summed E-state index contributed by atoms with van der Waals surface area (Å²) in [4.78, 5) is 11.9. The molecule has 1 amide bonds. The zero-order valence-electron chi connectivity index (χ0n) is 11.1. The molecule has 1 heterocycles. The summed E-state index contributed by atoms with van der Waals surface area (Å²) in [5.41, 5.74) is -0.184. The second kappa shape index (κ2) is 5.50. The summed E-state index contributed by atoms with van der Waals surface area (Å²) in [6, 6.07) is 2.19. The van der Waals surface area contributed by atoms with Crippen LogP contribution in [0.4, 0.5) is 0 Å². The van der Waals surface area contributed by atoms with E-state index < -0.39 is 5.92 Å². The maximum absolute atomic E-state index is 11.9. The Kier molecular flexibility index (Phi) is 4.53. The van der Waals surface area contributed by atoms with Crippen LogP contribution in [0.5, 0.6) is 0 Å². The van der Waals surface area contributed by atoms with Crippen LogP contribution in [-0.2, 0) is 9.53 Å². The van der Waals surface area contributed by atoms with Crippen LogP contribution >= 0.6 is 0 Å². The van der Waals surface area contributed by atoms with Gasteiger partial charge in [-0.25, -0.2) is 0 Å². The van der Waals surface area contributed by atoms with Gasteiger partial charge in [0.2, 0.25) is 5.91 Å². The minimum atomic E-state index is -0.555. The quantitative estimate of drug-likeness (QED) is 0.816. The summed E-state index contributed by atoms with van der Waals surface area (Å²) < 4.78 is 5.60. The smallest absolute Gasteiger partial charge is 0.237 e. The SMILES string of the molecule is CC(C)C(C#N)C(=O)NC1CCOC(C)(C)C1. The van der Waals surface area contributed by atoms with Crippen molar-refractivity contribution in [2.75, 3.05) is 6.61 Å². The van der Waals surface area contributed by atoms with Crippen molar-refractivity contribution in [3.05, 3.63) is 0 Å². The monoisotopic (exact) mass is 238 g/mol. The number of amides is 1. The third-order valence-corrected chi connectivity index (χ3v) is 3.13. The number of carbonyl (C=O) groups excluding carboxylic acids is 1. The Morgan fingerprint density at radius 1 is 1.53 bits per heavy atom. The molecule has 2 atom stereocenters. The maximum Gasteiger partial charge on any atom is 0.237 e. The van der Waals surface area contributed by atoms with E-state index in [9.17, 15) is 4.79 Å². The van der Waals surface area contributed by atoms with Crippen LogP contribution in [0.25, 0.3) is 0 Å². The van der Waals surface area contributed by atoms with Gasteiger partial charge in [-0.05, 0) is 32.6 Å². The van der Waals surface area contributed by atoms with Gasteiger partial charge in [0.25, 0.3) is 0 Å². The van der Waals surface area contributed by atoms with Crippen LogP contribution < -0.4 is 5.32 Å². The zero-order chi connectivity index (χ0) is 13.1. The van der Waals surface area contributed by atoms with Gasteiger partial charge in [0.15, 0.2) is 0 Å². The van der Waals surface area contributed by atoms with Crippen molar-refractivity contribution in [2.24, 2.45) is 11.8 Å². The Hall–Kier alpha value is -1.08. The molecule has 0 aromatic carbocycles. The molecule has 0 bridgehead atoms. The van der Waals surface area contributed by atoms with Gasteiger partial charge in [-0.15, -0.1) is 0 Å². The summed E-state index contributed by atoms with van der Waals surface area (Å²) in [6.45, 7) is 8.49. The van der Waals surface area contributed by atoms with Crippen LogP contribution in [0.1, 0.15) is 40.5 Å². The van der Waals surface area contributed by atoms with Crippen molar-refractivity contribution in [2.45, 2.75) is 52.2 Å². The number of carbonyl (C=O) groups is 1. The van der Waals surface area contributed by atoms with E-state index >= 15 is 0 Å². The molecule has 1 N–H and O–H groups in total. The van der Waals surface area contributed by atoms with E-state index in [1.165, 1.54) is 0 Å². The molecule has 1 aliphatic heterocycles. The largest absolute Gasteiger partial charge is 0.375 e. The average molecular weight is 238 g/mol. The van der Waals surface area contributed by atoms with Gasteiger partial charge in [0.05, 0.1) is 11.7 Å². The first-order valence-electron chi connectivity index (χ1n) is 6.19. The Morgan fingerprint density at radius 2 is 2.18 bits per heavy atom. The molecule has 96 valence electrons. The molecule has 0 radical (unpaired) electrons. The summed E-state index contributed by atoms with van der Waals surface area (Å²) >= 11 is 0. The van der Waals surface area contributed by atoms with Gasteiger partial charge in [-0.3, -0.25) is 4.79 Å². The molecule has 0 aromatic heterocycles. The Bertz CT molecular complexity index is 318. The Morgan fingerprint density at radius 3 is 2.65 bits per heavy atom. The van der Waals surface area contributed by atoms with Crippen LogP contribution in [0.3, 0.4) is 0 Å². The van der Waals surface area contributed by atoms with Crippen LogP contribution in [0.15, 0.2) is 0 Å². The molecule has 0 aromatic rings. The van der Waals surface area contributed by atoms with Crippen molar-refractivity contribution in [3.63, 3.8) is 0 Å². The lowest BCUT2D eigenvalue weighted by Crippen LogP contribution is -2.47. The minimum Gasteiger partial charge on any atom is -0.375 e. The van der Waals surface area contributed by atoms with Gasteiger partial charge in [0.1, 0.15) is 5.92 Å². The van der Waals surface area contributed by atoms with E-state index in [4.69, 9.17) is 10.00 Å². The molecule has 1 saturated heterocycles. The first kappa shape index (κ1) is 14.0.